The number of amides is 2. The SMILES string of the molecule is NN1CCC(CN2CCC3(CC2)CN(c2ccc(C4CCC(=O)NC4=O)cc2F)C3)CC1. The molecule has 0 radical (unpaired) electrons. The van der Waals surface area contributed by atoms with Crippen molar-refractivity contribution in [1.82, 2.24) is 15.2 Å². The Morgan fingerprint density at radius 3 is 2.44 bits per heavy atom. The molecule has 0 aromatic heterocycles. The molecular weight excluding hydrogens is 409 g/mol. The second kappa shape index (κ2) is 8.72. The van der Waals surface area contributed by atoms with Gasteiger partial charge in [0.25, 0.3) is 0 Å². The monoisotopic (exact) mass is 443 g/mol. The molecule has 1 aromatic carbocycles. The van der Waals surface area contributed by atoms with E-state index in [9.17, 15) is 14.0 Å². The summed E-state index contributed by atoms with van der Waals surface area (Å²) in [6.07, 6.45) is 5.49. The van der Waals surface area contributed by atoms with Gasteiger partial charge in [-0.15, -0.1) is 0 Å². The number of carbonyl (C=O) groups is 2. The van der Waals surface area contributed by atoms with Gasteiger partial charge in [-0.2, -0.15) is 0 Å². The molecular formula is C24H34FN5O2. The summed E-state index contributed by atoms with van der Waals surface area (Å²) >= 11 is 0. The number of hydrogen-bond acceptors (Lipinski definition) is 6. The van der Waals surface area contributed by atoms with Crippen LogP contribution in [0, 0.1) is 17.2 Å². The van der Waals surface area contributed by atoms with E-state index in [-0.39, 0.29) is 17.6 Å². The lowest BCUT2D eigenvalue weighted by Gasteiger charge is -2.55. The molecule has 4 heterocycles. The van der Waals surface area contributed by atoms with Crippen LogP contribution in [0.3, 0.4) is 0 Å². The van der Waals surface area contributed by atoms with E-state index in [1.165, 1.54) is 38.3 Å². The van der Waals surface area contributed by atoms with E-state index in [0.717, 1.165) is 45.2 Å². The van der Waals surface area contributed by atoms with Gasteiger partial charge < -0.3 is 9.80 Å². The Morgan fingerprint density at radius 2 is 1.78 bits per heavy atom. The van der Waals surface area contributed by atoms with E-state index >= 15 is 0 Å². The molecule has 3 N–H and O–H groups in total. The van der Waals surface area contributed by atoms with Crippen LogP contribution in [-0.2, 0) is 9.59 Å². The largest absolute Gasteiger partial charge is 0.368 e. The maximum Gasteiger partial charge on any atom is 0.234 e. The van der Waals surface area contributed by atoms with Crippen LogP contribution in [0.15, 0.2) is 18.2 Å². The number of benzene rings is 1. The van der Waals surface area contributed by atoms with E-state index in [1.54, 1.807) is 6.07 Å². The summed E-state index contributed by atoms with van der Waals surface area (Å²) in [4.78, 5) is 28.2. The molecule has 0 saturated carbocycles. The topological polar surface area (TPSA) is 81.9 Å². The number of anilines is 1. The number of piperidine rings is 3. The Balaban J connectivity index is 1.13. The van der Waals surface area contributed by atoms with Gasteiger partial charge in [0.15, 0.2) is 0 Å². The van der Waals surface area contributed by atoms with Gasteiger partial charge >= 0.3 is 0 Å². The standard InChI is InChI=1S/C24H34FN5O2/c25-20-13-18(19-2-4-22(31)27-23(19)32)1-3-21(20)29-15-24(16-29)7-11-28(12-8-24)14-17-5-9-30(26)10-6-17/h1,3,13,17,19H,2,4-12,14-16,26H2,(H,27,31,32). The van der Waals surface area contributed by atoms with Crippen LogP contribution in [0.1, 0.15) is 50.0 Å². The lowest BCUT2D eigenvalue weighted by atomic mass is 9.71. The average Bonchev–Trinajstić information content (AvgIpc) is 2.75. The fraction of sp³-hybridized carbons (Fsp3) is 0.667. The van der Waals surface area contributed by atoms with Crippen molar-refractivity contribution >= 4 is 17.5 Å². The first-order valence-electron chi connectivity index (χ1n) is 12.0. The highest BCUT2D eigenvalue weighted by molar-refractivity contribution is 6.00. The first-order chi connectivity index (χ1) is 15.4. The molecule has 0 aliphatic carbocycles. The molecule has 32 heavy (non-hydrogen) atoms. The van der Waals surface area contributed by atoms with Gasteiger partial charge in [0, 0.05) is 44.6 Å². The Kier molecular flexibility index (Phi) is 5.94. The van der Waals surface area contributed by atoms with Crippen LogP contribution in [0.2, 0.25) is 0 Å². The van der Waals surface area contributed by atoms with E-state index in [1.807, 2.05) is 11.1 Å². The first kappa shape index (κ1) is 21.8. The van der Waals surface area contributed by atoms with Crippen molar-refractivity contribution in [2.75, 3.05) is 50.7 Å². The van der Waals surface area contributed by atoms with E-state index < -0.39 is 5.92 Å². The lowest BCUT2D eigenvalue weighted by Crippen LogP contribution is -2.61. The van der Waals surface area contributed by atoms with Crippen molar-refractivity contribution < 1.29 is 14.0 Å². The quantitative estimate of drug-likeness (QED) is 0.546. The molecule has 4 aliphatic rings. The summed E-state index contributed by atoms with van der Waals surface area (Å²) in [6, 6.07) is 5.13. The molecule has 174 valence electrons. The fourth-order valence-corrected chi connectivity index (χ4v) is 5.97. The Labute approximate surface area is 189 Å². The summed E-state index contributed by atoms with van der Waals surface area (Å²) < 4.78 is 14.9. The third-order valence-electron chi connectivity index (χ3n) is 8.09. The lowest BCUT2D eigenvalue weighted by molar-refractivity contribution is -0.134. The number of likely N-dealkylation sites (tertiary alicyclic amines) is 1. The van der Waals surface area contributed by atoms with Gasteiger partial charge in [-0.25, -0.2) is 9.40 Å². The number of halogens is 1. The van der Waals surface area contributed by atoms with Gasteiger partial charge in [0.2, 0.25) is 11.8 Å². The summed E-state index contributed by atoms with van der Waals surface area (Å²) in [5.41, 5.74) is 1.59. The summed E-state index contributed by atoms with van der Waals surface area (Å²) in [5, 5.41) is 4.29. The predicted molar refractivity (Wildman–Crippen MR) is 120 cm³/mol. The minimum atomic E-state index is -0.444. The molecule has 5 rings (SSSR count). The molecule has 1 atom stereocenters. The predicted octanol–water partition coefficient (Wildman–Crippen LogP) is 1.83. The van der Waals surface area contributed by atoms with Gasteiger partial charge in [-0.05, 0) is 68.8 Å². The number of nitrogens with one attached hydrogen (secondary N) is 1. The number of nitrogens with two attached hydrogens (primary N) is 1. The molecule has 8 heteroatoms. The van der Waals surface area contributed by atoms with Crippen molar-refractivity contribution in [3.05, 3.63) is 29.6 Å². The first-order valence-corrected chi connectivity index (χ1v) is 12.0. The van der Waals surface area contributed by atoms with Crippen molar-refractivity contribution in [1.29, 1.82) is 0 Å². The minimum absolute atomic E-state index is 0.249. The van der Waals surface area contributed by atoms with Gasteiger partial charge in [0.05, 0.1) is 11.6 Å². The number of nitrogens with zero attached hydrogens (tertiary/aromatic N) is 3. The number of hydrogen-bond donors (Lipinski definition) is 2. The average molecular weight is 444 g/mol. The third-order valence-corrected chi connectivity index (χ3v) is 8.09. The van der Waals surface area contributed by atoms with Gasteiger partial charge in [-0.1, -0.05) is 6.07 Å². The second-order valence-electron chi connectivity index (χ2n) is 10.4. The number of rotatable bonds is 4. The van der Waals surface area contributed by atoms with Crippen LogP contribution >= 0.6 is 0 Å². The van der Waals surface area contributed by atoms with Gasteiger partial charge in [-0.3, -0.25) is 20.7 Å². The van der Waals surface area contributed by atoms with E-state index in [2.05, 4.69) is 15.1 Å². The Hall–Kier alpha value is -2.03. The fourth-order valence-electron chi connectivity index (χ4n) is 5.97. The maximum atomic E-state index is 14.9. The molecule has 1 unspecified atom stereocenters. The smallest absolute Gasteiger partial charge is 0.234 e. The van der Waals surface area contributed by atoms with Crippen LogP contribution in [0.5, 0.6) is 0 Å². The molecule has 2 amide bonds. The molecule has 4 saturated heterocycles. The molecule has 7 nitrogen and oxygen atoms in total. The Morgan fingerprint density at radius 1 is 1.06 bits per heavy atom. The zero-order chi connectivity index (χ0) is 22.3. The Bertz CT molecular complexity index is 869. The van der Waals surface area contributed by atoms with Crippen LogP contribution in [0.25, 0.3) is 0 Å². The highest BCUT2D eigenvalue weighted by Gasteiger charge is 2.45. The zero-order valence-corrected chi connectivity index (χ0v) is 18.7. The normalized spacial score (nSPS) is 27.4. The summed E-state index contributed by atoms with van der Waals surface area (Å²) in [5.74, 6) is 5.35. The number of imide groups is 1. The van der Waals surface area contributed by atoms with Crippen molar-refractivity contribution in [3.63, 3.8) is 0 Å². The minimum Gasteiger partial charge on any atom is -0.368 e. The summed E-state index contributed by atoms with van der Waals surface area (Å²) in [6.45, 7) is 7.27. The molecule has 0 bridgehead atoms. The van der Waals surface area contributed by atoms with Gasteiger partial charge in [0.1, 0.15) is 5.82 Å². The second-order valence-corrected chi connectivity index (χ2v) is 10.4. The highest BCUT2D eigenvalue weighted by atomic mass is 19.1. The summed E-state index contributed by atoms with van der Waals surface area (Å²) in [7, 11) is 0. The molecule has 1 aromatic rings. The zero-order valence-electron chi connectivity index (χ0n) is 18.7. The maximum absolute atomic E-state index is 14.9. The number of hydrazine groups is 1. The van der Waals surface area contributed by atoms with Crippen molar-refractivity contribution in [2.45, 2.75) is 44.4 Å². The van der Waals surface area contributed by atoms with Crippen LogP contribution in [-0.4, -0.2) is 67.5 Å². The third kappa shape index (κ3) is 4.40. The van der Waals surface area contributed by atoms with E-state index in [0.29, 0.717) is 29.5 Å². The van der Waals surface area contributed by atoms with Crippen LogP contribution in [0.4, 0.5) is 10.1 Å². The van der Waals surface area contributed by atoms with E-state index in [4.69, 9.17) is 5.84 Å². The number of carbonyl (C=O) groups excluding carboxylic acids is 2. The van der Waals surface area contributed by atoms with Crippen LogP contribution < -0.4 is 16.1 Å². The molecule has 4 aliphatic heterocycles. The molecule has 1 spiro atoms. The molecule has 4 fully saturated rings. The van der Waals surface area contributed by atoms with Crippen molar-refractivity contribution in [3.8, 4) is 0 Å². The highest BCUT2D eigenvalue weighted by Crippen LogP contribution is 2.44. The van der Waals surface area contributed by atoms with Crippen molar-refractivity contribution in [2.24, 2.45) is 17.2 Å².